The van der Waals surface area contributed by atoms with Crippen molar-refractivity contribution in [1.82, 2.24) is 14.8 Å². The predicted molar refractivity (Wildman–Crippen MR) is 147 cm³/mol. The van der Waals surface area contributed by atoms with Crippen LogP contribution >= 0.6 is 23.4 Å². The number of ether oxygens (including phenoxy) is 1. The molecule has 1 aromatic heterocycles. The van der Waals surface area contributed by atoms with Gasteiger partial charge in [0.05, 0.1) is 22.9 Å². The van der Waals surface area contributed by atoms with Crippen LogP contribution in [0.2, 0.25) is 5.02 Å². The summed E-state index contributed by atoms with van der Waals surface area (Å²) in [6, 6.07) is 19.6. The summed E-state index contributed by atoms with van der Waals surface area (Å²) in [5, 5.41) is 7.95. The maximum atomic E-state index is 13.4. The van der Waals surface area contributed by atoms with E-state index >= 15 is 0 Å². The highest BCUT2D eigenvalue weighted by Gasteiger charge is 2.31. The number of nitrogens with one attached hydrogen (secondary N) is 1. The van der Waals surface area contributed by atoms with Crippen molar-refractivity contribution in [2.75, 3.05) is 11.9 Å². The standard InChI is InChI=1S/C28H25ClN4O4S/c1-3-37-27(36)21-12-10-19(11-13-21)16-38-28-30-17-33(32-28)24(25(34)20-7-5-4-6-8-20)26(35)31-23-15-18(2)9-14-22(23)29/h4-15,17,24H,3,16H2,1-2H3,(H,31,35). The Labute approximate surface area is 229 Å². The molecular weight excluding hydrogens is 524 g/mol. The molecule has 1 heterocycles. The van der Waals surface area contributed by atoms with E-state index < -0.39 is 17.7 Å². The van der Waals surface area contributed by atoms with Gasteiger partial charge in [-0.25, -0.2) is 14.5 Å². The molecule has 38 heavy (non-hydrogen) atoms. The third-order valence-corrected chi connectivity index (χ3v) is 6.77. The minimum atomic E-state index is -1.29. The van der Waals surface area contributed by atoms with Gasteiger partial charge in [-0.05, 0) is 49.2 Å². The van der Waals surface area contributed by atoms with Gasteiger partial charge in [0.15, 0.2) is 11.8 Å². The Balaban J connectivity index is 1.53. The van der Waals surface area contributed by atoms with E-state index in [0.717, 1.165) is 11.1 Å². The van der Waals surface area contributed by atoms with Gasteiger partial charge in [-0.3, -0.25) is 9.59 Å². The van der Waals surface area contributed by atoms with Crippen LogP contribution in [-0.4, -0.2) is 39.0 Å². The van der Waals surface area contributed by atoms with E-state index in [9.17, 15) is 14.4 Å². The van der Waals surface area contributed by atoms with Crippen molar-refractivity contribution < 1.29 is 19.1 Å². The molecule has 0 aliphatic carbocycles. The van der Waals surface area contributed by atoms with E-state index in [0.29, 0.717) is 39.4 Å². The third-order valence-electron chi connectivity index (χ3n) is 5.52. The van der Waals surface area contributed by atoms with Crippen molar-refractivity contribution in [2.24, 2.45) is 0 Å². The zero-order chi connectivity index (χ0) is 27.1. The van der Waals surface area contributed by atoms with Crippen LogP contribution in [0.5, 0.6) is 0 Å². The van der Waals surface area contributed by atoms with Crippen molar-refractivity contribution in [3.8, 4) is 0 Å². The summed E-state index contributed by atoms with van der Waals surface area (Å²) in [4.78, 5) is 43.0. The predicted octanol–water partition coefficient (Wildman–Crippen LogP) is 5.77. The number of halogens is 1. The fourth-order valence-corrected chi connectivity index (χ4v) is 4.53. The van der Waals surface area contributed by atoms with E-state index in [1.54, 1.807) is 61.5 Å². The number of hydrogen-bond acceptors (Lipinski definition) is 7. The lowest BCUT2D eigenvalue weighted by Crippen LogP contribution is -2.33. The number of hydrogen-bond donors (Lipinski definition) is 1. The summed E-state index contributed by atoms with van der Waals surface area (Å²) < 4.78 is 6.27. The first-order chi connectivity index (χ1) is 18.4. The van der Waals surface area contributed by atoms with Crippen molar-refractivity contribution in [3.05, 3.63) is 106 Å². The fraction of sp³-hybridized carbons (Fsp3) is 0.179. The first-order valence-electron chi connectivity index (χ1n) is 11.8. The van der Waals surface area contributed by atoms with E-state index in [-0.39, 0.29) is 5.97 Å². The quantitative estimate of drug-likeness (QED) is 0.116. The number of thioether (sulfide) groups is 1. The number of aryl methyl sites for hydroxylation is 1. The molecule has 0 fully saturated rings. The number of anilines is 1. The molecule has 1 amide bonds. The van der Waals surface area contributed by atoms with Crippen LogP contribution in [-0.2, 0) is 15.3 Å². The molecule has 0 saturated carbocycles. The number of benzene rings is 3. The third kappa shape index (κ3) is 6.67. The van der Waals surface area contributed by atoms with E-state index in [4.69, 9.17) is 16.3 Å². The summed E-state index contributed by atoms with van der Waals surface area (Å²) in [6.45, 7) is 3.95. The molecule has 0 aliphatic heterocycles. The molecule has 194 valence electrons. The second-order valence-electron chi connectivity index (χ2n) is 8.32. The zero-order valence-electron chi connectivity index (χ0n) is 20.8. The number of Topliss-reactive ketones (excluding diaryl/α,β-unsaturated/α-hetero) is 1. The lowest BCUT2D eigenvalue weighted by Gasteiger charge is -2.17. The summed E-state index contributed by atoms with van der Waals surface area (Å²) >= 11 is 7.61. The van der Waals surface area contributed by atoms with Gasteiger partial charge in [-0.2, -0.15) is 0 Å². The Kier molecular flexibility index (Phi) is 8.93. The molecule has 0 saturated heterocycles. The van der Waals surface area contributed by atoms with Crippen LogP contribution in [0.1, 0.15) is 44.8 Å². The Morgan fingerprint density at radius 1 is 1.03 bits per heavy atom. The Morgan fingerprint density at radius 3 is 2.47 bits per heavy atom. The molecule has 10 heteroatoms. The van der Waals surface area contributed by atoms with Crippen molar-refractivity contribution in [3.63, 3.8) is 0 Å². The molecule has 0 radical (unpaired) electrons. The molecular formula is C28H25ClN4O4S. The number of aromatic nitrogens is 3. The molecule has 1 unspecified atom stereocenters. The minimum Gasteiger partial charge on any atom is -0.462 e. The first-order valence-corrected chi connectivity index (χ1v) is 13.2. The number of nitrogens with zero attached hydrogens (tertiary/aromatic N) is 3. The highest BCUT2D eigenvalue weighted by molar-refractivity contribution is 7.98. The van der Waals surface area contributed by atoms with Crippen molar-refractivity contribution >= 4 is 46.7 Å². The maximum Gasteiger partial charge on any atom is 0.338 e. The average Bonchev–Trinajstić information content (AvgIpc) is 3.39. The fourth-order valence-electron chi connectivity index (χ4n) is 3.60. The number of rotatable bonds is 10. The van der Waals surface area contributed by atoms with Gasteiger partial charge >= 0.3 is 5.97 Å². The zero-order valence-corrected chi connectivity index (χ0v) is 22.3. The van der Waals surface area contributed by atoms with Crippen LogP contribution in [0, 0.1) is 6.92 Å². The number of carbonyl (C=O) groups is 3. The minimum absolute atomic E-state index is 0.314. The lowest BCUT2D eigenvalue weighted by molar-refractivity contribution is -0.118. The topological polar surface area (TPSA) is 103 Å². The summed E-state index contributed by atoms with van der Waals surface area (Å²) in [7, 11) is 0. The SMILES string of the molecule is CCOC(=O)c1ccc(CSc2ncn(C(C(=O)Nc3cc(C)ccc3Cl)C(=O)c3ccccc3)n2)cc1. The largest absolute Gasteiger partial charge is 0.462 e. The van der Waals surface area contributed by atoms with Gasteiger partial charge in [-0.15, -0.1) is 5.10 Å². The summed E-state index contributed by atoms with van der Waals surface area (Å²) in [5.41, 5.74) is 3.11. The Morgan fingerprint density at radius 2 is 1.76 bits per heavy atom. The van der Waals surface area contributed by atoms with Gasteiger partial charge in [0, 0.05) is 11.3 Å². The van der Waals surface area contributed by atoms with Gasteiger partial charge < -0.3 is 10.1 Å². The second kappa shape index (κ2) is 12.5. The highest BCUT2D eigenvalue weighted by atomic mass is 35.5. The smallest absolute Gasteiger partial charge is 0.338 e. The Hall–Kier alpha value is -3.95. The normalized spacial score (nSPS) is 11.6. The van der Waals surface area contributed by atoms with Gasteiger partial charge in [0.1, 0.15) is 6.33 Å². The van der Waals surface area contributed by atoms with Crippen LogP contribution in [0.25, 0.3) is 0 Å². The molecule has 4 rings (SSSR count). The van der Waals surface area contributed by atoms with Gasteiger partial charge in [0.2, 0.25) is 5.16 Å². The first kappa shape index (κ1) is 27.1. The molecule has 0 bridgehead atoms. The summed E-state index contributed by atoms with van der Waals surface area (Å²) in [5.74, 6) is -0.855. The van der Waals surface area contributed by atoms with Crippen LogP contribution < -0.4 is 5.32 Å². The van der Waals surface area contributed by atoms with Crippen LogP contribution in [0.3, 0.4) is 0 Å². The molecule has 4 aromatic rings. The number of amides is 1. The summed E-state index contributed by atoms with van der Waals surface area (Å²) in [6.07, 6.45) is 1.37. The monoisotopic (exact) mass is 548 g/mol. The number of esters is 1. The van der Waals surface area contributed by atoms with Crippen molar-refractivity contribution in [1.29, 1.82) is 0 Å². The average molecular weight is 549 g/mol. The van der Waals surface area contributed by atoms with E-state index in [2.05, 4.69) is 15.4 Å². The van der Waals surface area contributed by atoms with Crippen LogP contribution in [0.4, 0.5) is 5.69 Å². The lowest BCUT2D eigenvalue weighted by atomic mass is 10.0. The molecule has 1 atom stereocenters. The van der Waals surface area contributed by atoms with Crippen LogP contribution in [0.15, 0.2) is 84.3 Å². The number of carbonyl (C=O) groups excluding carboxylic acids is 3. The maximum absolute atomic E-state index is 13.4. The van der Waals surface area contributed by atoms with E-state index in [1.807, 2.05) is 25.1 Å². The second-order valence-corrected chi connectivity index (χ2v) is 9.67. The molecule has 0 aliphatic rings. The molecule has 3 aromatic carbocycles. The number of ketones is 1. The highest BCUT2D eigenvalue weighted by Crippen LogP contribution is 2.26. The Bertz CT molecular complexity index is 1440. The molecule has 0 spiro atoms. The molecule has 8 nitrogen and oxygen atoms in total. The van der Waals surface area contributed by atoms with Gasteiger partial charge in [-0.1, -0.05) is 71.9 Å². The van der Waals surface area contributed by atoms with Crippen molar-refractivity contribution in [2.45, 2.75) is 30.8 Å². The van der Waals surface area contributed by atoms with E-state index in [1.165, 1.54) is 22.8 Å². The molecule has 1 N–H and O–H groups in total. The van der Waals surface area contributed by atoms with Gasteiger partial charge in [0.25, 0.3) is 5.91 Å².